The average molecular weight is 355 g/mol. The smallest absolute Gasteiger partial charge is 0.157 e. The van der Waals surface area contributed by atoms with E-state index >= 15 is 0 Å². The highest BCUT2D eigenvalue weighted by Crippen LogP contribution is 2.29. The Kier molecular flexibility index (Phi) is 4.97. The molecule has 3 aromatic rings. The summed E-state index contributed by atoms with van der Waals surface area (Å²) in [5, 5.41) is 14.0. The average Bonchev–Trinajstić information content (AvgIpc) is 3.10. The molecule has 0 aliphatic carbocycles. The molecule has 0 fully saturated rings. The quantitative estimate of drug-likeness (QED) is 0.681. The van der Waals surface area contributed by atoms with Crippen LogP contribution in [0.4, 0.5) is 4.39 Å². The van der Waals surface area contributed by atoms with Crippen molar-refractivity contribution >= 4 is 6.29 Å². The molecule has 0 unspecified atom stereocenters. The number of ether oxygens (including phenoxy) is 1. The number of nitrogens with zero attached hydrogens (tertiary/aromatic N) is 3. The molecule has 0 spiro atoms. The van der Waals surface area contributed by atoms with Crippen molar-refractivity contribution in [1.82, 2.24) is 14.8 Å². The number of phenols is 1. The van der Waals surface area contributed by atoms with Crippen LogP contribution in [0.15, 0.2) is 42.7 Å². The largest absolute Gasteiger partial charge is 0.507 e. The molecule has 0 bridgehead atoms. The standard InChI is InChI=1S/C19H18FN3O3/c1-12(2)23-16(7-9-22-23)19-14(15(20)6-8-21-19)11-26-18-5-3-4-17(25)13(18)10-24/h3-10,12,25H,11H2,1-2H3. The van der Waals surface area contributed by atoms with Gasteiger partial charge in [0.05, 0.1) is 22.5 Å². The van der Waals surface area contributed by atoms with Gasteiger partial charge in [-0.1, -0.05) is 6.07 Å². The third-order valence-corrected chi connectivity index (χ3v) is 3.93. The predicted molar refractivity (Wildman–Crippen MR) is 93.6 cm³/mol. The number of aldehydes is 1. The molecule has 1 aromatic carbocycles. The van der Waals surface area contributed by atoms with Gasteiger partial charge < -0.3 is 9.84 Å². The number of halogens is 1. The molecule has 0 saturated carbocycles. The maximum atomic E-state index is 14.5. The van der Waals surface area contributed by atoms with Crippen LogP contribution in [-0.4, -0.2) is 26.2 Å². The second-order valence-electron chi connectivity index (χ2n) is 5.97. The molecule has 0 atom stereocenters. The van der Waals surface area contributed by atoms with Gasteiger partial charge in [0.25, 0.3) is 0 Å². The van der Waals surface area contributed by atoms with Crippen molar-refractivity contribution in [3.05, 3.63) is 59.7 Å². The summed E-state index contributed by atoms with van der Waals surface area (Å²) in [4.78, 5) is 15.5. The van der Waals surface area contributed by atoms with Gasteiger partial charge in [0, 0.05) is 18.4 Å². The fourth-order valence-electron chi connectivity index (χ4n) is 2.67. The first-order chi connectivity index (χ1) is 12.5. The summed E-state index contributed by atoms with van der Waals surface area (Å²) in [6, 6.07) is 7.56. The molecular weight excluding hydrogens is 337 g/mol. The number of hydrogen-bond donors (Lipinski definition) is 1. The molecule has 3 rings (SSSR count). The number of phenolic OH excluding ortho intramolecular Hbond substituents is 1. The third-order valence-electron chi connectivity index (χ3n) is 3.93. The molecule has 6 nitrogen and oxygen atoms in total. The number of aromatic hydroxyl groups is 1. The second-order valence-corrected chi connectivity index (χ2v) is 5.97. The van der Waals surface area contributed by atoms with Gasteiger partial charge in [-0.25, -0.2) is 4.39 Å². The van der Waals surface area contributed by atoms with Gasteiger partial charge in [0.2, 0.25) is 0 Å². The van der Waals surface area contributed by atoms with Crippen molar-refractivity contribution in [3.63, 3.8) is 0 Å². The minimum atomic E-state index is -0.473. The number of pyridine rings is 1. The summed E-state index contributed by atoms with van der Waals surface area (Å²) in [7, 11) is 0. The van der Waals surface area contributed by atoms with Crippen LogP contribution < -0.4 is 4.74 Å². The van der Waals surface area contributed by atoms with Crippen molar-refractivity contribution in [1.29, 1.82) is 0 Å². The van der Waals surface area contributed by atoms with E-state index in [1.807, 2.05) is 13.8 Å². The van der Waals surface area contributed by atoms with Gasteiger partial charge in [-0.3, -0.25) is 14.5 Å². The van der Waals surface area contributed by atoms with E-state index in [0.29, 0.717) is 17.7 Å². The SMILES string of the molecule is CC(C)n1nccc1-c1nccc(F)c1COc1cccc(O)c1C=O. The van der Waals surface area contributed by atoms with E-state index in [0.717, 1.165) is 0 Å². The Balaban J connectivity index is 1.98. The van der Waals surface area contributed by atoms with E-state index in [2.05, 4.69) is 10.1 Å². The number of carbonyl (C=O) groups is 1. The lowest BCUT2D eigenvalue weighted by molar-refractivity contribution is 0.111. The Morgan fingerprint density at radius 1 is 1.27 bits per heavy atom. The number of rotatable bonds is 6. The van der Waals surface area contributed by atoms with Crippen LogP contribution in [0.5, 0.6) is 11.5 Å². The lowest BCUT2D eigenvalue weighted by atomic mass is 10.1. The van der Waals surface area contributed by atoms with Crippen LogP contribution >= 0.6 is 0 Å². The summed E-state index contributed by atoms with van der Waals surface area (Å²) >= 11 is 0. The fourth-order valence-corrected chi connectivity index (χ4v) is 2.67. The summed E-state index contributed by atoms with van der Waals surface area (Å²) in [5.74, 6) is -0.492. The van der Waals surface area contributed by atoms with E-state index in [4.69, 9.17) is 4.74 Å². The summed E-state index contributed by atoms with van der Waals surface area (Å²) < 4.78 is 21.8. The zero-order chi connectivity index (χ0) is 18.7. The Morgan fingerprint density at radius 3 is 2.81 bits per heavy atom. The van der Waals surface area contributed by atoms with Crippen molar-refractivity contribution in [3.8, 4) is 22.9 Å². The molecule has 2 heterocycles. The van der Waals surface area contributed by atoms with Crippen LogP contribution in [0.2, 0.25) is 0 Å². The first kappa shape index (κ1) is 17.6. The highest BCUT2D eigenvalue weighted by atomic mass is 19.1. The number of aromatic nitrogens is 3. The van der Waals surface area contributed by atoms with Gasteiger partial charge in [0.1, 0.15) is 23.9 Å². The van der Waals surface area contributed by atoms with E-state index in [9.17, 15) is 14.3 Å². The van der Waals surface area contributed by atoms with Crippen LogP contribution in [0, 0.1) is 5.82 Å². The van der Waals surface area contributed by atoms with Crippen molar-refractivity contribution in [2.45, 2.75) is 26.5 Å². The highest BCUT2D eigenvalue weighted by molar-refractivity contribution is 5.83. The molecule has 1 N–H and O–H groups in total. The second kappa shape index (κ2) is 7.35. The predicted octanol–water partition coefficient (Wildman–Crippen LogP) is 3.76. The Hall–Kier alpha value is -3.22. The minimum absolute atomic E-state index is 0.0190. The van der Waals surface area contributed by atoms with Crippen molar-refractivity contribution in [2.75, 3.05) is 0 Å². The molecule has 0 aliphatic rings. The van der Waals surface area contributed by atoms with Gasteiger partial charge in [-0.2, -0.15) is 5.10 Å². The minimum Gasteiger partial charge on any atom is -0.507 e. The number of carbonyl (C=O) groups excluding carboxylic acids is 1. The third kappa shape index (κ3) is 3.28. The monoisotopic (exact) mass is 355 g/mol. The topological polar surface area (TPSA) is 77.2 Å². The zero-order valence-corrected chi connectivity index (χ0v) is 14.4. The lowest BCUT2D eigenvalue weighted by Crippen LogP contribution is -2.09. The number of benzene rings is 1. The van der Waals surface area contributed by atoms with E-state index in [-0.39, 0.29) is 35.3 Å². The molecule has 2 aromatic heterocycles. The molecule has 0 radical (unpaired) electrons. The number of hydrogen-bond acceptors (Lipinski definition) is 5. The Morgan fingerprint density at radius 2 is 2.08 bits per heavy atom. The van der Waals surface area contributed by atoms with Crippen LogP contribution in [0.1, 0.15) is 35.8 Å². The van der Waals surface area contributed by atoms with Crippen molar-refractivity contribution < 1.29 is 19.0 Å². The molecular formula is C19H18FN3O3. The fraction of sp³-hybridized carbons (Fsp3) is 0.211. The van der Waals surface area contributed by atoms with Crippen LogP contribution in [0.3, 0.4) is 0 Å². The Bertz CT molecular complexity index is 938. The molecule has 0 saturated heterocycles. The Labute approximate surface area is 149 Å². The van der Waals surface area contributed by atoms with Gasteiger partial charge in [0.15, 0.2) is 6.29 Å². The summed E-state index contributed by atoms with van der Waals surface area (Å²) in [6.07, 6.45) is 3.52. The first-order valence-corrected chi connectivity index (χ1v) is 8.10. The maximum absolute atomic E-state index is 14.5. The highest BCUT2D eigenvalue weighted by Gasteiger charge is 2.18. The zero-order valence-electron chi connectivity index (χ0n) is 14.4. The molecule has 134 valence electrons. The van der Waals surface area contributed by atoms with Crippen LogP contribution in [0.25, 0.3) is 11.4 Å². The van der Waals surface area contributed by atoms with Gasteiger partial charge >= 0.3 is 0 Å². The van der Waals surface area contributed by atoms with E-state index in [1.54, 1.807) is 23.0 Å². The van der Waals surface area contributed by atoms with Gasteiger partial charge in [-0.15, -0.1) is 0 Å². The first-order valence-electron chi connectivity index (χ1n) is 8.10. The van der Waals surface area contributed by atoms with E-state index in [1.165, 1.54) is 24.4 Å². The van der Waals surface area contributed by atoms with E-state index < -0.39 is 5.82 Å². The van der Waals surface area contributed by atoms with Gasteiger partial charge in [-0.05, 0) is 38.1 Å². The normalized spacial score (nSPS) is 10.9. The van der Waals surface area contributed by atoms with Crippen molar-refractivity contribution in [2.24, 2.45) is 0 Å². The van der Waals surface area contributed by atoms with Crippen LogP contribution in [-0.2, 0) is 6.61 Å². The summed E-state index contributed by atoms with van der Waals surface area (Å²) in [5.41, 5.74) is 1.36. The maximum Gasteiger partial charge on any atom is 0.157 e. The molecule has 0 aliphatic heterocycles. The summed E-state index contributed by atoms with van der Waals surface area (Å²) in [6.45, 7) is 3.78. The molecule has 7 heteroatoms. The molecule has 26 heavy (non-hydrogen) atoms. The lowest BCUT2D eigenvalue weighted by Gasteiger charge is -2.15. The molecule has 0 amide bonds.